The SMILES string of the molecule is CC1(C)C(CNCCCCC#N)C1(C)C. The highest BCUT2D eigenvalue weighted by Crippen LogP contribution is 2.67. The van der Waals surface area contributed by atoms with Gasteiger partial charge in [0.25, 0.3) is 0 Å². The first-order valence-electron chi connectivity index (χ1n) is 6.02. The zero-order chi connectivity index (χ0) is 11.5. The molecule has 15 heavy (non-hydrogen) atoms. The lowest BCUT2D eigenvalue weighted by atomic mass is 10.0. The molecule has 0 spiro atoms. The summed E-state index contributed by atoms with van der Waals surface area (Å²) in [5.74, 6) is 0.806. The second-order valence-corrected chi connectivity index (χ2v) is 5.82. The first-order valence-corrected chi connectivity index (χ1v) is 6.02. The van der Waals surface area contributed by atoms with Crippen molar-refractivity contribution in [3.63, 3.8) is 0 Å². The monoisotopic (exact) mass is 208 g/mol. The Morgan fingerprint density at radius 1 is 1.13 bits per heavy atom. The van der Waals surface area contributed by atoms with Crippen LogP contribution in [0.3, 0.4) is 0 Å². The number of nitriles is 1. The lowest BCUT2D eigenvalue weighted by Gasteiger charge is -2.04. The molecule has 0 aromatic carbocycles. The van der Waals surface area contributed by atoms with E-state index in [1.807, 2.05) is 0 Å². The average Bonchev–Trinajstić information content (AvgIpc) is 2.52. The molecule has 0 heterocycles. The largest absolute Gasteiger partial charge is 0.316 e. The lowest BCUT2D eigenvalue weighted by Crippen LogP contribution is -2.20. The van der Waals surface area contributed by atoms with Crippen molar-refractivity contribution in [3.05, 3.63) is 0 Å². The van der Waals surface area contributed by atoms with E-state index < -0.39 is 0 Å². The molecule has 1 saturated carbocycles. The van der Waals surface area contributed by atoms with Crippen LogP contribution in [0.1, 0.15) is 47.0 Å². The van der Waals surface area contributed by atoms with Crippen molar-refractivity contribution in [2.45, 2.75) is 47.0 Å². The van der Waals surface area contributed by atoms with Crippen molar-refractivity contribution >= 4 is 0 Å². The Balaban J connectivity index is 2.06. The highest BCUT2D eigenvalue weighted by molar-refractivity contribution is 5.12. The molecule has 2 nitrogen and oxygen atoms in total. The van der Waals surface area contributed by atoms with Crippen molar-refractivity contribution in [2.75, 3.05) is 13.1 Å². The summed E-state index contributed by atoms with van der Waals surface area (Å²) in [4.78, 5) is 0. The molecule has 0 bridgehead atoms. The number of rotatable bonds is 6. The van der Waals surface area contributed by atoms with Gasteiger partial charge in [-0.1, -0.05) is 27.7 Å². The Hall–Kier alpha value is -0.550. The minimum atomic E-state index is 0.493. The zero-order valence-electron chi connectivity index (χ0n) is 10.6. The minimum Gasteiger partial charge on any atom is -0.316 e. The van der Waals surface area contributed by atoms with E-state index in [0.717, 1.165) is 31.8 Å². The van der Waals surface area contributed by atoms with E-state index in [1.165, 1.54) is 0 Å². The topological polar surface area (TPSA) is 35.8 Å². The Labute approximate surface area is 94.1 Å². The molecule has 1 N–H and O–H groups in total. The summed E-state index contributed by atoms with van der Waals surface area (Å²) in [6.45, 7) is 11.6. The van der Waals surface area contributed by atoms with Gasteiger partial charge in [-0.25, -0.2) is 0 Å². The maximum Gasteiger partial charge on any atom is 0.0621 e. The molecular weight excluding hydrogens is 184 g/mol. The van der Waals surface area contributed by atoms with Gasteiger partial charge in [0.1, 0.15) is 0 Å². The smallest absolute Gasteiger partial charge is 0.0621 e. The van der Waals surface area contributed by atoms with Gasteiger partial charge >= 0.3 is 0 Å². The van der Waals surface area contributed by atoms with Gasteiger partial charge in [-0.2, -0.15) is 5.26 Å². The van der Waals surface area contributed by atoms with Crippen LogP contribution in [0.2, 0.25) is 0 Å². The van der Waals surface area contributed by atoms with Gasteiger partial charge in [0.05, 0.1) is 6.07 Å². The number of nitrogens with one attached hydrogen (secondary N) is 1. The molecule has 0 aliphatic heterocycles. The van der Waals surface area contributed by atoms with Crippen molar-refractivity contribution in [2.24, 2.45) is 16.7 Å². The third-order valence-corrected chi connectivity index (χ3v) is 4.56. The molecule has 1 rings (SSSR count). The van der Waals surface area contributed by atoms with Gasteiger partial charge in [-0.05, 0) is 42.7 Å². The number of hydrogen-bond donors (Lipinski definition) is 1. The van der Waals surface area contributed by atoms with Crippen LogP contribution < -0.4 is 5.32 Å². The molecule has 1 aliphatic rings. The molecule has 1 aliphatic carbocycles. The second-order valence-electron chi connectivity index (χ2n) is 5.82. The molecular formula is C13H24N2. The van der Waals surface area contributed by atoms with Crippen LogP contribution in [0.5, 0.6) is 0 Å². The molecule has 2 heteroatoms. The predicted octanol–water partition coefficient (Wildman–Crippen LogP) is 2.95. The van der Waals surface area contributed by atoms with E-state index in [4.69, 9.17) is 5.26 Å². The highest BCUT2D eigenvalue weighted by Gasteiger charge is 2.63. The first kappa shape index (κ1) is 12.5. The van der Waals surface area contributed by atoms with E-state index in [9.17, 15) is 0 Å². The fourth-order valence-corrected chi connectivity index (χ4v) is 2.54. The van der Waals surface area contributed by atoms with Gasteiger partial charge in [-0.3, -0.25) is 0 Å². The Kier molecular flexibility index (Phi) is 3.78. The number of unbranched alkanes of at least 4 members (excludes halogenated alkanes) is 2. The van der Waals surface area contributed by atoms with E-state index in [2.05, 4.69) is 39.1 Å². The summed E-state index contributed by atoms with van der Waals surface area (Å²) in [7, 11) is 0. The van der Waals surface area contributed by atoms with Crippen molar-refractivity contribution in [1.29, 1.82) is 5.26 Å². The van der Waals surface area contributed by atoms with E-state index >= 15 is 0 Å². The normalized spacial score (nSPS) is 22.3. The molecule has 0 saturated heterocycles. The summed E-state index contributed by atoms with van der Waals surface area (Å²) in [5.41, 5.74) is 0.985. The van der Waals surface area contributed by atoms with E-state index in [0.29, 0.717) is 17.3 Å². The maximum absolute atomic E-state index is 8.39. The Bertz CT molecular complexity index is 234. The van der Waals surface area contributed by atoms with Crippen LogP contribution >= 0.6 is 0 Å². The Morgan fingerprint density at radius 2 is 1.73 bits per heavy atom. The van der Waals surface area contributed by atoms with Crippen molar-refractivity contribution in [3.8, 4) is 6.07 Å². The lowest BCUT2D eigenvalue weighted by molar-refractivity contribution is 0.457. The summed E-state index contributed by atoms with van der Waals surface area (Å²) in [5, 5.41) is 11.9. The second kappa shape index (κ2) is 4.53. The summed E-state index contributed by atoms with van der Waals surface area (Å²) < 4.78 is 0. The highest BCUT2D eigenvalue weighted by atomic mass is 14.9. The molecule has 0 aromatic heterocycles. The fourth-order valence-electron chi connectivity index (χ4n) is 2.54. The van der Waals surface area contributed by atoms with Crippen LogP contribution in [-0.2, 0) is 0 Å². The van der Waals surface area contributed by atoms with Crippen LogP contribution in [0, 0.1) is 28.1 Å². The van der Waals surface area contributed by atoms with Crippen LogP contribution in [0.15, 0.2) is 0 Å². The van der Waals surface area contributed by atoms with Gasteiger partial charge in [0.2, 0.25) is 0 Å². The first-order chi connectivity index (χ1) is 6.94. The van der Waals surface area contributed by atoms with Gasteiger partial charge in [0.15, 0.2) is 0 Å². The zero-order valence-corrected chi connectivity index (χ0v) is 10.6. The number of hydrogen-bond acceptors (Lipinski definition) is 2. The molecule has 0 radical (unpaired) electrons. The molecule has 0 aromatic rings. The predicted molar refractivity (Wildman–Crippen MR) is 63.4 cm³/mol. The molecule has 86 valence electrons. The van der Waals surface area contributed by atoms with Crippen LogP contribution in [-0.4, -0.2) is 13.1 Å². The van der Waals surface area contributed by atoms with Crippen LogP contribution in [0.4, 0.5) is 0 Å². The third-order valence-electron chi connectivity index (χ3n) is 4.56. The fraction of sp³-hybridized carbons (Fsp3) is 0.923. The third kappa shape index (κ3) is 2.52. The average molecular weight is 208 g/mol. The van der Waals surface area contributed by atoms with Gasteiger partial charge in [0, 0.05) is 6.42 Å². The minimum absolute atomic E-state index is 0.493. The van der Waals surface area contributed by atoms with Gasteiger partial charge < -0.3 is 5.32 Å². The number of nitrogens with zero attached hydrogens (tertiary/aromatic N) is 1. The summed E-state index contributed by atoms with van der Waals surface area (Å²) in [6.07, 6.45) is 2.85. The quantitative estimate of drug-likeness (QED) is 0.681. The van der Waals surface area contributed by atoms with Crippen LogP contribution in [0.25, 0.3) is 0 Å². The molecule has 0 amide bonds. The molecule has 1 fully saturated rings. The molecule has 0 unspecified atom stereocenters. The standard InChI is InChI=1S/C13H24N2/c1-12(2)11(13(12,3)4)10-15-9-7-5-6-8-14/h11,15H,5-7,9-10H2,1-4H3. The Morgan fingerprint density at radius 3 is 2.20 bits per heavy atom. The van der Waals surface area contributed by atoms with Crippen molar-refractivity contribution < 1.29 is 0 Å². The summed E-state index contributed by atoms with van der Waals surface area (Å²) >= 11 is 0. The van der Waals surface area contributed by atoms with Gasteiger partial charge in [-0.15, -0.1) is 0 Å². The summed E-state index contributed by atoms with van der Waals surface area (Å²) in [6, 6.07) is 2.18. The van der Waals surface area contributed by atoms with E-state index in [1.54, 1.807) is 0 Å². The van der Waals surface area contributed by atoms with Crippen molar-refractivity contribution in [1.82, 2.24) is 5.32 Å². The van der Waals surface area contributed by atoms with E-state index in [-0.39, 0.29) is 0 Å². The molecule has 0 atom stereocenters. The maximum atomic E-state index is 8.39.